The van der Waals surface area contributed by atoms with E-state index >= 15 is 0 Å². The van der Waals surface area contributed by atoms with Crippen LogP contribution in [0, 0.1) is 0 Å². The van der Waals surface area contributed by atoms with Crippen LogP contribution in [0.3, 0.4) is 0 Å². The van der Waals surface area contributed by atoms with E-state index in [1.807, 2.05) is 26.0 Å². The second-order valence-corrected chi connectivity index (χ2v) is 10.2. The molecule has 0 fully saturated rings. The number of ether oxygens (including phenoxy) is 2. The summed E-state index contributed by atoms with van der Waals surface area (Å²) in [4.78, 5) is 13.1. The van der Waals surface area contributed by atoms with Gasteiger partial charge in [-0.3, -0.25) is 4.79 Å². The summed E-state index contributed by atoms with van der Waals surface area (Å²) in [6.07, 6.45) is -0.510. The minimum absolute atomic E-state index is 0.0762. The molecule has 1 aliphatic heterocycles. The highest BCUT2D eigenvalue weighted by atomic mass is 35.5. The number of para-hydroxylation sites is 1. The fraction of sp³-hybridized carbons (Fsp3) is 0.208. The molecule has 1 unspecified atom stereocenters. The number of rotatable bonds is 6. The summed E-state index contributed by atoms with van der Waals surface area (Å²) >= 11 is 5.84. The van der Waals surface area contributed by atoms with E-state index in [1.54, 1.807) is 36.4 Å². The minimum Gasteiger partial charge on any atom is -0.483 e. The number of fused-ring (bicyclic) bond motifs is 1. The molecule has 166 valence electrons. The van der Waals surface area contributed by atoms with Gasteiger partial charge in [0.2, 0.25) is 6.10 Å². The number of hydrogen-bond acceptors (Lipinski definition) is 5. The van der Waals surface area contributed by atoms with Gasteiger partial charge in [-0.2, -0.15) is 0 Å². The van der Waals surface area contributed by atoms with Gasteiger partial charge in [0.1, 0.15) is 5.60 Å². The molecule has 1 atom stereocenters. The van der Waals surface area contributed by atoms with E-state index in [2.05, 4.69) is 4.72 Å². The number of halogens is 1. The molecule has 1 aliphatic rings. The van der Waals surface area contributed by atoms with Crippen LogP contribution >= 0.6 is 11.6 Å². The molecule has 4 rings (SSSR count). The standard InChI is InChI=1S/C24H22ClNO5S/c1-24(2)15-17-9-6-10-20(21(17)31-24)30-22(16-7-4-3-5-8-16)23(27)26-32(28,29)19-13-11-18(25)12-14-19/h3-14,22H,15H2,1-2H3,(H,26,27). The molecule has 0 aromatic heterocycles. The Kier molecular flexibility index (Phi) is 5.88. The normalized spacial score (nSPS) is 15.3. The van der Waals surface area contributed by atoms with Crippen molar-refractivity contribution in [3.05, 3.63) is 88.9 Å². The zero-order chi connectivity index (χ0) is 22.9. The van der Waals surface area contributed by atoms with Crippen LogP contribution in [0.5, 0.6) is 11.5 Å². The quantitative estimate of drug-likeness (QED) is 0.564. The fourth-order valence-electron chi connectivity index (χ4n) is 3.57. The third-order valence-corrected chi connectivity index (χ3v) is 6.61. The molecular weight excluding hydrogens is 450 g/mol. The van der Waals surface area contributed by atoms with Gasteiger partial charge in [-0.25, -0.2) is 13.1 Å². The van der Waals surface area contributed by atoms with E-state index in [0.717, 1.165) is 5.56 Å². The maximum absolute atomic E-state index is 13.1. The van der Waals surface area contributed by atoms with Gasteiger partial charge in [0.05, 0.1) is 4.90 Å². The smallest absolute Gasteiger partial charge is 0.279 e. The molecule has 0 bridgehead atoms. The summed E-state index contributed by atoms with van der Waals surface area (Å²) in [6, 6.07) is 19.7. The van der Waals surface area contributed by atoms with Gasteiger partial charge in [-0.15, -0.1) is 0 Å². The van der Waals surface area contributed by atoms with Crippen LogP contribution in [0.2, 0.25) is 5.02 Å². The first kappa shape index (κ1) is 22.2. The number of nitrogens with one attached hydrogen (secondary N) is 1. The van der Waals surface area contributed by atoms with Crippen molar-refractivity contribution in [3.63, 3.8) is 0 Å². The highest BCUT2D eigenvalue weighted by Crippen LogP contribution is 2.43. The van der Waals surface area contributed by atoms with Crippen molar-refractivity contribution in [2.45, 2.75) is 36.9 Å². The molecule has 1 N–H and O–H groups in total. The van der Waals surface area contributed by atoms with Crippen LogP contribution in [0.4, 0.5) is 0 Å². The Hall–Kier alpha value is -3.03. The van der Waals surface area contributed by atoms with E-state index in [4.69, 9.17) is 21.1 Å². The molecule has 3 aromatic carbocycles. The Bertz CT molecular complexity index is 1240. The molecule has 32 heavy (non-hydrogen) atoms. The zero-order valence-corrected chi connectivity index (χ0v) is 19.1. The lowest BCUT2D eigenvalue weighted by atomic mass is 10.0. The highest BCUT2D eigenvalue weighted by Gasteiger charge is 2.34. The van der Waals surface area contributed by atoms with Gasteiger partial charge < -0.3 is 9.47 Å². The number of amides is 1. The van der Waals surface area contributed by atoms with Crippen LogP contribution < -0.4 is 14.2 Å². The molecular formula is C24H22ClNO5S. The lowest BCUT2D eigenvalue weighted by Gasteiger charge is -2.22. The fourth-order valence-corrected chi connectivity index (χ4v) is 4.68. The van der Waals surface area contributed by atoms with E-state index in [9.17, 15) is 13.2 Å². The second kappa shape index (κ2) is 8.48. The zero-order valence-electron chi connectivity index (χ0n) is 17.5. The van der Waals surface area contributed by atoms with E-state index in [-0.39, 0.29) is 4.90 Å². The monoisotopic (exact) mass is 471 g/mol. The molecule has 0 saturated heterocycles. The van der Waals surface area contributed by atoms with Crippen molar-refractivity contribution >= 4 is 27.5 Å². The summed E-state index contributed by atoms with van der Waals surface area (Å²) in [6.45, 7) is 3.94. The average Bonchev–Trinajstić information content (AvgIpc) is 3.07. The van der Waals surface area contributed by atoms with E-state index < -0.39 is 27.6 Å². The second-order valence-electron chi connectivity index (χ2n) is 8.12. The van der Waals surface area contributed by atoms with Crippen LogP contribution in [0.15, 0.2) is 77.7 Å². The van der Waals surface area contributed by atoms with Crippen LogP contribution in [-0.4, -0.2) is 19.9 Å². The van der Waals surface area contributed by atoms with Gasteiger partial charge in [0.15, 0.2) is 11.5 Å². The Morgan fingerprint density at radius 1 is 1.03 bits per heavy atom. The Morgan fingerprint density at radius 2 is 1.72 bits per heavy atom. The minimum atomic E-state index is -4.12. The van der Waals surface area contributed by atoms with Gasteiger partial charge in [0.25, 0.3) is 15.9 Å². The summed E-state index contributed by atoms with van der Waals surface area (Å²) in [5.74, 6) is 0.119. The van der Waals surface area contributed by atoms with Crippen LogP contribution in [-0.2, 0) is 21.2 Å². The Balaban J connectivity index is 1.65. The maximum atomic E-state index is 13.1. The predicted molar refractivity (Wildman–Crippen MR) is 121 cm³/mol. The Morgan fingerprint density at radius 3 is 2.41 bits per heavy atom. The topological polar surface area (TPSA) is 81.7 Å². The summed E-state index contributed by atoms with van der Waals surface area (Å²) < 4.78 is 39.8. The third-order valence-electron chi connectivity index (χ3n) is 5.00. The van der Waals surface area contributed by atoms with Crippen LogP contribution in [0.1, 0.15) is 31.1 Å². The summed E-state index contributed by atoms with van der Waals surface area (Å²) in [7, 11) is -4.12. The molecule has 1 amide bonds. The first-order valence-corrected chi connectivity index (χ1v) is 11.9. The molecule has 0 saturated carbocycles. The molecule has 3 aromatic rings. The number of carbonyl (C=O) groups is 1. The Labute approximate surface area is 192 Å². The lowest BCUT2D eigenvalue weighted by Crippen LogP contribution is -2.37. The largest absolute Gasteiger partial charge is 0.483 e. The van der Waals surface area contributed by atoms with Crippen molar-refractivity contribution in [2.75, 3.05) is 0 Å². The third kappa shape index (κ3) is 4.74. The van der Waals surface area contributed by atoms with Gasteiger partial charge in [-0.05, 0) is 44.2 Å². The molecule has 8 heteroatoms. The van der Waals surface area contributed by atoms with E-state index in [0.29, 0.717) is 28.5 Å². The number of benzene rings is 3. The summed E-state index contributed by atoms with van der Waals surface area (Å²) in [5.41, 5.74) is 1.07. The first-order valence-electron chi connectivity index (χ1n) is 9.99. The van der Waals surface area contributed by atoms with Crippen molar-refractivity contribution in [2.24, 2.45) is 0 Å². The molecule has 0 spiro atoms. The van der Waals surface area contributed by atoms with Crippen molar-refractivity contribution < 1.29 is 22.7 Å². The average molecular weight is 472 g/mol. The van der Waals surface area contributed by atoms with Gasteiger partial charge in [0, 0.05) is 22.6 Å². The highest BCUT2D eigenvalue weighted by molar-refractivity contribution is 7.90. The van der Waals surface area contributed by atoms with Crippen LogP contribution in [0.25, 0.3) is 0 Å². The van der Waals surface area contributed by atoms with Gasteiger partial charge >= 0.3 is 0 Å². The van der Waals surface area contributed by atoms with Crippen molar-refractivity contribution in [3.8, 4) is 11.5 Å². The summed E-state index contributed by atoms with van der Waals surface area (Å²) in [5, 5.41) is 0.390. The van der Waals surface area contributed by atoms with Crippen molar-refractivity contribution in [1.82, 2.24) is 4.72 Å². The lowest BCUT2D eigenvalue weighted by molar-refractivity contribution is -0.126. The number of carbonyl (C=O) groups excluding carboxylic acids is 1. The van der Waals surface area contributed by atoms with Gasteiger partial charge in [-0.1, -0.05) is 54.1 Å². The number of sulfonamides is 1. The predicted octanol–water partition coefficient (Wildman–Crippen LogP) is 4.68. The molecule has 1 heterocycles. The molecule has 0 radical (unpaired) electrons. The molecule has 0 aliphatic carbocycles. The maximum Gasteiger partial charge on any atom is 0.279 e. The van der Waals surface area contributed by atoms with Crippen molar-refractivity contribution in [1.29, 1.82) is 0 Å². The SMILES string of the molecule is CC1(C)Cc2cccc(OC(C(=O)NS(=O)(=O)c3ccc(Cl)cc3)c3ccccc3)c2O1. The first-order chi connectivity index (χ1) is 15.1. The molecule has 6 nitrogen and oxygen atoms in total. The number of hydrogen-bond donors (Lipinski definition) is 1. The van der Waals surface area contributed by atoms with E-state index in [1.165, 1.54) is 24.3 Å².